The summed E-state index contributed by atoms with van der Waals surface area (Å²) < 4.78 is 40.9. The van der Waals surface area contributed by atoms with Gasteiger partial charge in [0.15, 0.2) is 5.82 Å². The lowest BCUT2D eigenvalue weighted by atomic mass is 9.97. The van der Waals surface area contributed by atoms with Crippen LogP contribution in [0.25, 0.3) is 0 Å². The number of rotatable bonds is 5. The molecule has 23 heavy (non-hydrogen) atoms. The molecule has 9 heteroatoms. The van der Waals surface area contributed by atoms with E-state index in [0.717, 1.165) is 10.8 Å². The summed E-state index contributed by atoms with van der Waals surface area (Å²) in [6.07, 6.45) is -0.817. The second-order valence-corrected chi connectivity index (χ2v) is 5.03. The molecule has 0 radical (unpaired) electrons. The average molecular weight is 328 g/mol. The number of aromatic nitrogens is 3. The van der Waals surface area contributed by atoms with Crippen molar-refractivity contribution >= 4 is 5.91 Å². The molecule has 0 saturated carbocycles. The van der Waals surface area contributed by atoms with Crippen LogP contribution in [-0.2, 0) is 24.0 Å². The number of aryl methyl sites for hydroxylation is 1. The van der Waals surface area contributed by atoms with Gasteiger partial charge in [0.2, 0.25) is 11.5 Å². The third-order valence-corrected chi connectivity index (χ3v) is 3.29. The number of pyridine rings is 1. The van der Waals surface area contributed by atoms with E-state index in [1.165, 1.54) is 25.6 Å². The van der Waals surface area contributed by atoms with E-state index < -0.39 is 29.9 Å². The summed E-state index contributed by atoms with van der Waals surface area (Å²) in [6, 6.07) is 3.31. The maximum Gasteiger partial charge on any atom is 0.425 e. The highest BCUT2D eigenvalue weighted by atomic mass is 19.4. The SMILES string of the molecule is Cn1ccnc1C(O)(CC(=O)NCc1cccnc1)C(F)(F)F. The minimum Gasteiger partial charge on any atom is -0.374 e. The Hall–Kier alpha value is -2.42. The molecule has 2 aromatic heterocycles. The molecule has 2 rings (SSSR count). The van der Waals surface area contributed by atoms with Gasteiger partial charge in [-0.15, -0.1) is 0 Å². The van der Waals surface area contributed by atoms with Gasteiger partial charge in [-0.05, 0) is 11.6 Å². The Morgan fingerprint density at radius 3 is 2.65 bits per heavy atom. The standard InChI is InChI=1S/C14H15F3N4O2/c1-21-6-5-19-12(21)13(23,14(15,16)17)7-11(22)20-9-10-3-2-4-18-8-10/h2-6,8,23H,7,9H2,1H3,(H,20,22). The van der Waals surface area contributed by atoms with Crippen LogP contribution in [0, 0.1) is 0 Å². The Kier molecular flexibility index (Phi) is 4.69. The number of imidazole rings is 1. The van der Waals surface area contributed by atoms with Gasteiger partial charge in [0, 0.05) is 38.4 Å². The molecule has 0 aliphatic carbocycles. The molecule has 1 atom stereocenters. The van der Waals surface area contributed by atoms with Gasteiger partial charge in [0.1, 0.15) is 0 Å². The molecule has 0 aliphatic heterocycles. The van der Waals surface area contributed by atoms with E-state index in [2.05, 4.69) is 15.3 Å². The second-order valence-electron chi connectivity index (χ2n) is 5.03. The number of carbonyl (C=O) groups excluding carboxylic acids is 1. The molecule has 2 heterocycles. The summed E-state index contributed by atoms with van der Waals surface area (Å²) in [6.45, 7) is 0.0151. The maximum absolute atomic E-state index is 13.3. The molecule has 1 unspecified atom stereocenters. The van der Waals surface area contributed by atoms with Crippen LogP contribution in [0.4, 0.5) is 13.2 Å². The first-order valence-corrected chi connectivity index (χ1v) is 6.66. The van der Waals surface area contributed by atoms with Crippen LogP contribution in [0.15, 0.2) is 36.9 Å². The van der Waals surface area contributed by atoms with Crippen LogP contribution in [0.1, 0.15) is 17.8 Å². The normalized spacial score (nSPS) is 14.3. The topological polar surface area (TPSA) is 80.0 Å². The Bertz CT molecular complexity index is 672. The van der Waals surface area contributed by atoms with Crippen molar-refractivity contribution in [2.75, 3.05) is 0 Å². The quantitative estimate of drug-likeness (QED) is 0.866. The summed E-state index contributed by atoms with van der Waals surface area (Å²) in [4.78, 5) is 19.2. The Morgan fingerprint density at radius 1 is 1.39 bits per heavy atom. The number of carbonyl (C=O) groups is 1. The number of alkyl halides is 3. The van der Waals surface area contributed by atoms with Crippen LogP contribution in [0.2, 0.25) is 0 Å². The van der Waals surface area contributed by atoms with Gasteiger partial charge in [-0.2, -0.15) is 13.2 Å². The van der Waals surface area contributed by atoms with Gasteiger partial charge in [-0.25, -0.2) is 4.98 Å². The first-order valence-electron chi connectivity index (χ1n) is 6.66. The summed E-state index contributed by atoms with van der Waals surface area (Å²) in [7, 11) is 1.31. The Balaban J connectivity index is 2.13. The number of hydrogen-bond acceptors (Lipinski definition) is 4. The predicted octanol–water partition coefficient (Wildman–Crippen LogP) is 1.27. The highest BCUT2D eigenvalue weighted by Crippen LogP contribution is 2.40. The molecule has 124 valence electrons. The average Bonchev–Trinajstić information content (AvgIpc) is 2.91. The fraction of sp³-hybridized carbons (Fsp3) is 0.357. The number of halogens is 3. The largest absolute Gasteiger partial charge is 0.425 e. The molecule has 0 fully saturated rings. The number of amides is 1. The van der Waals surface area contributed by atoms with Gasteiger partial charge in [0.05, 0.1) is 6.42 Å². The minimum absolute atomic E-state index is 0.0151. The lowest BCUT2D eigenvalue weighted by Gasteiger charge is -2.29. The van der Waals surface area contributed by atoms with Crippen LogP contribution in [0.5, 0.6) is 0 Å². The lowest BCUT2D eigenvalue weighted by molar-refractivity contribution is -0.271. The second kappa shape index (κ2) is 6.37. The van der Waals surface area contributed by atoms with Gasteiger partial charge in [0.25, 0.3) is 0 Å². The zero-order valence-electron chi connectivity index (χ0n) is 12.2. The smallest absolute Gasteiger partial charge is 0.374 e. The molecule has 2 N–H and O–H groups in total. The summed E-state index contributed by atoms with van der Waals surface area (Å²) in [5, 5.41) is 12.4. The van der Waals surface area contributed by atoms with Crippen molar-refractivity contribution in [3.8, 4) is 0 Å². The van der Waals surface area contributed by atoms with E-state index in [4.69, 9.17) is 0 Å². The fourth-order valence-corrected chi connectivity index (χ4v) is 2.07. The highest BCUT2D eigenvalue weighted by molar-refractivity contribution is 5.77. The van der Waals surface area contributed by atoms with E-state index in [-0.39, 0.29) is 6.54 Å². The monoisotopic (exact) mass is 328 g/mol. The third-order valence-electron chi connectivity index (χ3n) is 3.29. The van der Waals surface area contributed by atoms with E-state index in [1.54, 1.807) is 12.1 Å². The van der Waals surface area contributed by atoms with E-state index in [1.807, 2.05) is 0 Å². The first-order chi connectivity index (χ1) is 10.7. The first kappa shape index (κ1) is 16.9. The fourth-order valence-electron chi connectivity index (χ4n) is 2.07. The van der Waals surface area contributed by atoms with Gasteiger partial charge < -0.3 is 15.0 Å². The van der Waals surface area contributed by atoms with Crippen molar-refractivity contribution in [3.63, 3.8) is 0 Å². The van der Waals surface area contributed by atoms with E-state index in [9.17, 15) is 23.1 Å². The number of nitrogens with one attached hydrogen (secondary N) is 1. The molecule has 0 aliphatic rings. The molecule has 0 aromatic carbocycles. The molecule has 2 aromatic rings. The summed E-state index contributed by atoms with van der Waals surface area (Å²) >= 11 is 0. The van der Waals surface area contributed by atoms with Crippen molar-refractivity contribution in [2.24, 2.45) is 7.05 Å². The lowest BCUT2D eigenvalue weighted by Crippen LogP contribution is -2.47. The van der Waals surface area contributed by atoms with Crippen LogP contribution >= 0.6 is 0 Å². The minimum atomic E-state index is -5.04. The van der Waals surface area contributed by atoms with Crippen molar-refractivity contribution in [1.82, 2.24) is 19.9 Å². The Labute approximate surface area is 130 Å². The predicted molar refractivity (Wildman–Crippen MR) is 73.9 cm³/mol. The number of hydrogen-bond donors (Lipinski definition) is 2. The van der Waals surface area contributed by atoms with Crippen LogP contribution in [0.3, 0.4) is 0 Å². The summed E-state index contributed by atoms with van der Waals surface area (Å²) in [5.41, 5.74) is -2.72. The molecular weight excluding hydrogens is 313 g/mol. The molecule has 0 spiro atoms. The molecule has 1 amide bonds. The van der Waals surface area contributed by atoms with Crippen molar-refractivity contribution in [1.29, 1.82) is 0 Å². The maximum atomic E-state index is 13.3. The van der Waals surface area contributed by atoms with E-state index in [0.29, 0.717) is 5.56 Å². The van der Waals surface area contributed by atoms with Crippen molar-refractivity contribution in [3.05, 3.63) is 48.3 Å². The number of aliphatic hydroxyl groups is 1. The number of nitrogens with zero attached hydrogens (tertiary/aromatic N) is 3. The van der Waals surface area contributed by atoms with Crippen molar-refractivity contribution in [2.45, 2.75) is 24.7 Å². The van der Waals surface area contributed by atoms with Crippen LogP contribution < -0.4 is 5.32 Å². The van der Waals surface area contributed by atoms with Gasteiger partial charge >= 0.3 is 6.18 Å². The zero-order chi connectivity index (χ0) is 17.1. The highest BCUT2D eigenvalue weighted by Gasteiger charge is 2.58. The summed E-state index contributed by atoms with van der Waals surface area (Å²) in [5.74, 6) is -1.58. The molecular formula is C14H15F3N4O2. The van der Waals surface area contributed by atoms with Gasteiger partial charge in [-0.3, -0.25) is 9.78 Å². The van der Waals surface area contributed by atoms with Gasteiger partial charge in [-0.1, -0.05) is 6.07 Å². The van der Waals surface area contributed by atoms with E-state index >= 15 is 0 Å². The van der Waals surface area contributed by atoms with Crippen molar-refractivity contribution < 1.29 is 23.1 Å². The molecule has 6 nitrogen and oxygen atoms in total. The molecule has 0 saturated heterocycles. The zero-order valence-corrected chi connectivity index (χ0v) is 12.2. The van der Waals surface area contributed by atoms with Crippen LogP contribution in [-0.4, -0.2) is 31.7 Å². The molecule has 0 bridgehead atoms. The Morgan fingerprint density at radius 2 is 2.13 bits per heavy atom. The third kappa shape index (κ3) is 3.67.